The van der Waals surface area contributed by atoms with Crippen LogP contribution in [0.4, 0.5) is 5.82 Å². The Hall–Kier alpha value is -2.42. The highest BCUT2D eigenvalue weighted by molar-refractivity contribution is 6.35. The first-order valence-electron chi connectivity index (χ1n) is 12.1. The van der Waals surface area contributed by atoms with Gasteiger partial charge in [-0.1, -0.05) is 29.3 Å². The summed E-state index contributed by atoms with van der Waals surface area (Å²) < 4.78 is 1.84. The van der Waals surface area contributed by atoms with E-state index >= 15 is 0 Å². The van der Waals surface area contributed by atoms with Crippen LogP contribution in [-0.2, 0) is 4.79 Å². The van der Waals surface area contributed by atoms with Gasteiger partial charge in [0.2, 0.25) is 0 Å². The normalized spacial score (nSPS) is 24.3. The highest BCUT2D eigenvalue weighted by Crippen LogP contribution is 2.33. The maximum Gasteiger partial charge on any atom is 0.309 e. The van der Waals surface area contributed by atoms with Crippen molar-refractivity contribution in [3.05, 3.63) is 45.7 Å². The number of hydrogen-bond donors (Lipinski definition) is 1. The standard InChI is InChI=1S/C25H30Cl2N6O2/c1-14-5-4-9-32(14)21-8-10-31(13-19(21)25(34)35)22-12-28-23-15(2)30-33(24(23)29-22)16(3)18-7-6-17(26)11-20(18)27/h6-7,11-12,14,16,19,21H,4-5,8-10,13H2,1-3H3,(H,34,35)/t14?,16-,19-,21+/m1/s1. The number of halogens is 2. The molecule has 1 unspecified atom stereocenters. The Kier molecular flexibility index (Phi) is 6.63. The Morgan fingerprint density at radius 1 is 1.23 bits per heavy atom. The van der Waals surface area contributed by atoms with Crippen molar-refractivity contribution in [2.75, 3.05) is 24.5 Å². The van der Waals surface area contributed by atoms with Crippen molar-refractivity contribution >= 4 is 46.2 Å². The zero-order valence-corrected chi connectivity index (χ0v) is 21.7. The van der Waals surface area contributed by atoms with Crippen molar-refractivity contribution in [3.8, 4) is 0 Å². The minimum Gasteiger partial charge on any atom is -0.481 e. The largest absolute Gasteiger partial charge is 0.481 e. The van der Waals surface area contributed by atoms with E-state index in [1.165, 1.54) is 0 Å². The summed E-state index contributed by atoms with van der Waals surface area (Å²) in [6, 6.07) is 5.74. The van der Waals surface area contributed by atoms with Gasteiger partial charge in [-0.25, -0.2) is 14.6 Å². The Labute approximate surface area is 214 Å². The van der Waals surface area contributed by atoms with Crippen LogP contribution >= 0.6 is 23.2 Å². The lowest BCUT2D eigenvalue weighted by Gasteiger charge is -2.42. The van der Waals surface area contributed by atoms with E-state index in [4.69, 9.17) is 33.3 Å². The summed E-state index contributed by atoms with van der Waals surface area (Å²) in [4.78, 5) is 26.3. The quantitative estimate of drug-likeness (QED) is 0.520. The number of anilines is 1. The van der Waals surface area contributed by atoms with E-state index in [0.29, 0.717) is 34.1 Å². The van der Waals surface area contributed by atoms with Crippen molar-refractivity contribution in [2.24, 2.45) is 5.92 Å². The fourth-order valence-electron chi connectivity index (χ4n) is 5.67. The molecule has 2 saturated heterocycles. The molecule has 0 amide bonds. The molecule has 2 aromatic heterocycles. The molecule has 0 saturated carbocycles. The number of fused-ring (bicyclic) bond motifs is 1. The van der Waals surface area contributed by atoms with Crippen LogP contribution in [0.2, 0.25) is 10.0 Å². The highest BCUT2D eigenvalue weighted by Gasteiger charge is 2.41. The molecule has 8 nitrogen and oxygen atoms in total. The maximum atomic E-state index is 12.3. The number of nitrogens with zero attached hydrogens (tertiary/aromatic N) is 6. The fraction of sp³-hybridized carbons (Fsp3) is 0.520. The monoisotopic (exact) mass is 516 g/mol. The smallest absolute Gasteiger partial charge is 0.309 e. The molecule has 186 valence electrons. The molecular weight excluding hydrogens is 487 g/mol. The third-order valence-corrected chi connectivity index (χ3v) is 8.15. The first-order chi connectivity index (χ1) is 16.7. The number of carboxylic acids is 1. The second-order valence-corrected chi connectivity index (χ2v) is 10.6. The maximum absolute atomic E-state index is 12.3. The molecule has 4 atom stereocenters. The van der Waals surface area contributed by atoms with Crippen LogP contribution in [0.1, 0.15) is 50.4 Å². The second kappa shape index (κ2) is 9.56. The first-order valence-corrected chi connectivity index (χ1v) is 12.9. The van der Waals surface area contributed by atoms with Gasteiger partial charge in [-0.3, -0.25) is 9.69 Å². The minimum atomic E-state index is -0.750. The van der Waals surface area contributed by atoms with Crippen molar-refractivity contribution < 1.29 is 9.90 Å². The van der Waals surface area contributed by atoms with Gasteiger partial charge in [0.15, 0.2) is 5.65 Å². The van der Waals surface area contributed by atoms with Gasteiger partial charge < -0.3 is 10.0 Å². The number of hydrogen-bond acceptors (Lipinski definition) is 6. The summed E-state index contributed by atoms with van der Waals surface area (Å²) >= 11 is 12.6. The third kappa shape index (κ3) is 4.47. The number of rotatable bonds is 5. The van der Waals surface area contributed by atoms with E-state index in [2.05, 4.69) is 21.7 Å². The number of piperidine rings is 1. The van der Waals surface area contributed by atoms with Crippen molar-refractivity contribution in [3.63, 3.8) is 0 Å². The molecule has 2 aliphatic rings. The molecule has 1 N–H and O–H groups in total. The van der Waals surface area contributed by atoms with E-state index in [0.717, 1.165) is 49.1 Å². The molecular formula is C25H30Cl2N6O2. The molecule has 3 aromatic rings. The van der Waals surface area contributed by atoms with Crippen LogP contribution in [0.15, 0.2) is 24.4 Å². The van der Waals surface area contributed by atoms with Gasteiger partial charge in [0, 0.05) is 35.2 Å². The molecule has 2 aliphatic heterocycles. The van der Waals surface area contributed by atoms with Gasteiger partial charge in [-0.05, 0) is 64.3 Å². The number of benzene rings is 1. The van der Waals surface area contributed by atoms with E-state index in [-0.39, 0.29) is 12.1 Å². The number of likely N-dealkylation sites (tertiary alicyclic amines) is 1. The fourth-order valence-corrected chi connectivity index (χ4v) is 6.24. The number of carboxylic acid groups (broad SMARTS) is 1. The zero-order valence-electron chi connectivity index (χ0n) is 20.2. The molecule has 0 bridgehead atoms. The van der Waals surface area contributed by atoms with Gasteiger partial charge in [0.1, 0.15) is 11.3 Å². The predicted molar refractivity (Wildman–Crippen MR) is 137 cm³/mol. The number of aryl methyl sites for hydroxylation is 1. The van der Waals surface area contributed by atoms with Crippen molar-refractivity contribution in [1.29, 1.82) is 0 Å². The van der Waals surface area contributed by atoms with Gasteiger partial charge >= 0.3 is 5.97 Å². The summed E-state index contributed by atoms with van der Waals surface area (Å²) in [6.45, 7) is 8.25. The SMILES string of the molecule is Cc1nn([C@H](C)c2ccc(Cl)cc2Cl)c2nc(N3CC[C@H](N4CCCC4C)[C@H](C(=O)O)C3)cnc12. The lowest BCUT2D eigenvalue weighted by Crippen LogP contribution is -2.54. The highest BCUT2D eigenvalue weighted by atomic mass is 35.5. The Morgan fingerprint density at radius 2 is 2.03 bits per heavy atom. The molecule has 35 heavy (non-hydrogen) atoms. The summed E-state index contributed by atoms with van der Waals surface area (Å²) in [7, 11) is 0. The van der Waals surface area contributed by atoms with Crippen LogP contribution < -0.4 is 4.90 Å². The third-order valence-electron chi connectivity index (χ3n) is 7.59. The molecule has 10 heteroatoms. The lowest BCUT2D eigenvalue weighted by atomic mass is 9.90. The average Bonchev–Trinajstić information content (AvgIpc) is 3.40. The summed E-state index contributed by atoms with van der Waals surface area (Å²) in [5.41, 5.74) is 3.04. The number of aliphatic carboxylic acids is 1. The molecule has 0 radical (unpaired) electrons. The van der Waals surface area contributed by atoms with Crippen LogP contribution in [0, 0.1) is 12.8 Å². The first kappa shape index (κ1) is 24.3. The molecule has 4 heterocycles. The van der Waals surface area contributed by atoms with Gasteiger partial charge in [0.05, 0.1) is 23.9 Å². The predicted octanol–water partition coefficient (Wildman–Crippen LogP) is 4.81. The Balaban J connectivity index is 1.46. The second-order valence-electron chi connectivity index (χ2n) is 9.75. The summed E-state index contributed by atoms with van der Waals surface area (Å²) in [5, 5.41) is 15.9. The van der Waals surface area contributed by atoms with E-state index < -0.39 is 11.9 Å². The Morgan fingerprint density at radius 3 is 2.71 bits per heavy atom. The van der Waals surface area contributed by atoms with E-state index in [1.54, 1.807) is 12.3 Å². The van der Waals surface area contributed by atoms with Crippen LogP contribution in [-0.4, -0.2) is 67.4 Å². The molecule has 0 aliphatic carbocycles. The topological polar surface area (TPSA) is 87.4 Å². The molecule has 2 fully saturated rings. The molecule has 5 rings (SSSR count). The van der Waals surface area contributed by atoms with E-state index in [1.807, 2.05) is 30.7 Å². The van der Waals surface area contributed by atoms with Crippen molar-refractivity contribution in [1.82, 2.24) is 24.6 Å². The van der Waals surface area contributed by atoms with Gasteiger partial charge in [-0.2, -0.15) is 5.10 Å². The van der Waals surface area contributed by atoms with E-state index in [9.17, 15) is 9.90 Å². The Bertz CT molecular complexity index is 1260. The van der Waals surface area contributed by atoms with Crippen LogP contribution in [0.5, 0.6) is 0 Å². The van der Waals surface area contributed by atoms with Gasteiger partial charge in [0.25, 0.3) is 0 Å². The number of carbonyl (C=O) groups is 1. The van der Waals surface area contributed by atoms with Crippen LogP contribution in [0.3, 0.4) is 0 Å². The summed E-state index contributed by atoms with van der Waals surface area (Å²) in [5.74, 6) is -0.549. The lowest BCUT2D eigenvalue weighted by molar-refractivity contribution is -0.144. The number of aromatic nitrogens is 4. The van der Waals surface area contributed by atoms with Crippen molar-refractivity contribution in [2.45, 2.75) is 58.2 Å². The summed E-state index contributed by atoms with van der Waals surface area (Å²) in [6.07, 6.45) is 4.79. The molecule has 0 spiro atoms. The minimum absolute atomic E-state index is 0.0535. The zero-order chi connectivity index (χ0) is 24.9. The van der Waals surface area contributed by atoms with Gasteiger partial charge in [-0.15, -0.1) is 0 Å². The van der Waals surface area contributed by atoms with Crippen LogP contribution in [0.25, 0.3) is 11.2 Å². The molecule has 1 aromatic carbocycles. The average molecular weight is 517 g/mol.